The maximum atomic E-state index is 12.4. The molecular formula is C15H19F3N2O2. The normalized spacial score (nSPS) is 16.7. The summed E-state index contributed by atoms with van der Waals surface area (Å²) in [6.45, 7) is 0.539. The molecule has 122 valence electrons. The van der Waals surface area contributed by atoms with Gasteiger partial charge < -0.3 is 9.80 Å². The zero-order valence-electron chi connectivity index (χ0n) is 12.6. The van der Waals surface area contributed by atoms with E-state index < -0.39 is 12.5 Å². The highest BCUT2D eigenvalue weighted by molar-refractivity contribution is 5.95. The molecular weight excluding hydrogens is 297 g/mol. The Morgan fingerprint density at radius 3 is 2.45 bits per heavy atom. The number of halogens is 3. The van der Waals surface area contributed by atoms with Gasteiger partial charge in [-0.15, -0.1) is 13.2 Å². The number of piperidine rings is 1. The third kappa shape index (κ3) is 4.37. The van der Waals surface area contributed by atoms with Crippen LogP contribution in [0.4, 0.5) is 18.9 Å². The van der Waals surface area contributed by atoms with E-state index in [2.05, 4.69) is 4.74 Å². The molecule has 1 saturated heterocycles. The van der Waals surface area contributed by atoms with Gasteiger partial charge in [-0.3, -0.25) is 9.53 Å². The number of likely N-dealkylation sites (tertiary alicyclic amines) is 1. The summed E-state index contributed by atoms with van der Waals surface area (Å²) in [4.78, 5) is 15.9. The van der Waals surface area contributed by atoms with Gasteiger partial charge >= 0.3 is 6.36 Å². The molecule has 0 aliphatic carbocycles. The first-order chi connectivity index (χ1) is 10.3. The monoisotopic (exact) mass is 316 g/mol. The van der Waals surface area contributed by atoms with Gasteiger partial charge in [0, 0.05) is 38.4 Å². The smallest absolute Gasteiger partial charge is 0.378 e. The van der Waals surface area contributed by atoms with E-state index >= 15 is 0 Å². The Balaban J connectivity index is 1.96. The Bertz CT molecular complexity index is 524. The summed E-state index contributed by atoms with van der Waals surface area (Å²) in [6, 6.07) is 7.18. The second-order valence-corrected chi connectivity index (χ2v) is 5.50. The lowest BCUT2D eigenvalue weighted by molar-refractivity contribution is -0.345. The molecule has 0 aromatic heterocycles. The number of ether oxygens (including phenoxy) is 1. The maximum absolute atomic E-state index is 12.4. The molecule has 0 radical (unpaired) electrons. The lowest BCUT2D eigenvalue weighted by atomic mass is 10.1. The molecule has 22 heavy (non-hydrogen) atoms. The number of amides is 1. The van der Waals surface area contributed by atoms with Gasteiger partial charge in [0.2, 0.25) is 0 Å². The molecule has 0 N–H and O–H groups in total. The number of rotatable bonds is 3. The largest absolute Gasteiger partial charge is 0.522 e. The summed E-state index contributed by atoms with van der Waals surface area (Å²) in [5.41, 5.74) is 1.45. The molecule has 2 rings (SSSR count). The topological polar surface area (TPSA) is 32.8 Å². The fourth-order valence-corrected chi connectivity index (χ4v) is 2.47. The van der Waals surface area contributed by atoms with Crippen molar-refractivity contribution in [3.05, 3.63) is 29.8 Å². The van der Waals surface area contributed by atoms with Crippen molar-refractivity contribution in [3.63, 3.8) is 0 Å². The van der Waals surface area contributed by atoms with E-state index in [0.29, 0.717) is 5.56 Å². The van der Waals surface area contributed by atoms with Crippen molar-refractivity contribution in [1.82, 2.24) is 4.90 Å². The fraction of sp³-hybridized carbons (Fsp3) is 0.533. The first-order valence-corrected chi connectivity index (χ1v) is 7.07. The predicted octanol–water partition coefficient (Wildman–Crippen LogP) is 2.89. The second kappa shape index (κ2) is 6.56. The number of alkyl halides is 3. The van der Waals surface area contributed by atoms with Crippen molar-refractivity contribution >= 4 is 11.6 Å². The molecule has 0 atom stereocenters. The predicted molar refractivity (Wildman–Crippen MR) is 76.8 cm³/mol. The maximum Gasteiger partial charge on any atom is 0.522 e. The van der Waals surface area contributed by atoms with Gasteiger partial charge in [0.25, 0.3) is 5.91 Å². The van der Waals surface area contributed by atoms with E-state index in [-0.39, 0.29) is 31.8 Å². The molecule has 1 aromatic rings. The number of anilines is 1. The summed E-state index contributed by atoms with van der Waals surface area (Å²) in [5, 5.41) is 0. The van der Waals surface area contributed by atoms with Crippen LogP contribution in [0, 0.1) is 0 Å². The van der Waals surface area contributed by atoms with Gasteiger partial charge in [-0.05, 0) is 31.0 Å². The van der Waals surface area contributed by atoms with Crippen molar-refractivity contribution in [3.8, 4) is 0 Å². The Morgan fingerprint density at radius 2 is 1.91 bits per heavy atom. The highest BCUT2D eigenvalue weighted by Crippen LogP contribution is 2.25. The number of hydrogen-bond acceptors (Lipinski definition) is 3. The van der Waals surface area contributed by atoms with E-state index in [1.54, 1.807) is 23.1 Å². The minimum atomic E-state index is -4.61. The highest BCUT2D eigenvalue weighted by atomic mass is 19.4. The van der Waals surface area contributed by atoms with Gasteiger partial charge in [-0.25, -0.2) is 0 Å². The van der Waals surface area contributed by atoms with E-state index in [1.165, 1.54) is 0 Å². The second-order valence-electron chi connectivity index (χ2n) is 5.50. The van der Waals surface area contributed by atoms with Crippen LogP contribution in [0.1, 0.15) is 23.2 Å². The number of nitrogens with zero attached hydrogens (tertiary/aromatic N) is 2. The molecule has 0 bridgehead atoms. The van der Waals surface area contributed by atoms with Crippen molar-refractivity contribution in [2.45, 2.75) is 25.3 Å². The molecule has 1 amide bonds. The third-order valence-corrected chi connectivity index (χ3v) is 3.64. The SMILES string of the molecule is CN(C)c1cccc(C(=O)N2CCC(OC(F)(F)F)CC2)c1. The van der Waals surface area contributed by atoms with Crippen LogP contribution in [0.25, 0.3) is 0 Å². The average molecular weight is 316 g/mol. The standard InChI is InChI=1S/C15H19F3N2O2/c1-19(2)12-5-3-4-11(10-12)14(21)20-8-6-13(7-9-20)22-15(16,17)18/h3-5,10,13H,6-9H2,1-2H3. The molecule has 4 nitrogen and oxygen atoms in total. The van der Waals surface area contributed by atoms with E-state index in [0.717, 1.165) is 5.69 Å². The molecule has 0 spiro atoms. The molecule has 1 fully saturated rings. The number of carbonyl (C=O) groups excluding carboxylic acids is 1. The number of hydrogen-bond donors (Lipinski definition) is 0. The van der Waals surface area contributed by atoms with Crippen LogP contribution >= 0.6 is 0 Å². The Kier molecular flexibility index (Phi) is 4.95. The zero-order chi connectivity index (χ0) is 16.3. The van der Waals surface area contributed by atoms with Crippen molar-refractivity contribution in [2.24, 2.45) is 0 Å². The van der Waals surface area contributed by atoms with Gasteiger partial charge in [0.05, 0.1) is 6.10 Å². The molecule has 0 saturated carbocycles. The minimum Gasteiger partial charge on any atom is -0.378 e. The molecule has 7 heteroatoms. The quantitative estimate of drug-likeness (QED) is 0.859. The van der Waals surface area contributed by atoms with Crippen molar-refractivity contribution in [1.29, 1.82) is 0 Å². The first kappa shape index (κ1) is 16.6. The fourth-order valence-electron chi connectivity index (χ4n) is 2.47. The third-order valence-electron chi connectivity index (χ3n) is 3.64. The van der Waals surface area contributed by atoms with Crippen LogP contribution in [0.2, 0.25) is 0 Å². The summed E-state index contributed by atoms with van der Waals surface area (Å²) in [5.74, 6) is -0.158. The van der Waals surface area contributed by atoms with E-state index in [9.17, 15) is 18.0 Å². The zero-order valence-corrected chi connectivity index (χ0v) is 12.6. The lowest BCUT2D eigenvalue weighted by Gasteiger charge is -2.32. The van der Waals surface area contributed by atoms with Crippen LogP contribution < -0.4 is 4.90 Å². The minimum absolute atomic E-state index is 0.158. The van der Waals surface area contributed by atoms with Gasteiger partial charge in [0.1, 0.15) is 0 Å². The molecule has 1 heterocycles. The summed E-state index contributed by atoms with van der Waals surface area (Å²) < 4.78 is 40.5. The summed E-state index contributed by atoms with van der Waals surface area (Å²) in [7, 11) is 3.76. The molecule has 0 unspecified atom stereocenters. The van der Waals surface area contributed by atoms with E-state index in [1.807, 2.05) is 25.1 Å². The van der Waals surface area contributed by atoms with E-state index in [4.69, 9.17) is 0 Å². The molecule has 1 aliphatic heterocycles. The lowest BCUT2D eigenvalue weighted by Crippen LogP contribution is -2.42. The van der Waals surface area contributed by atoms with Gasteiger partial charge in [0.15, 0.2) is 0 Å². The average Bonchev–Trinajstić information content (AvgIpc) is 2.46. The number of benzene rings is 1. The van der Waals surface area contributed by atoms with Crippen LogP contribution in [0.3, 0.4) is 0 Å². The Hall–Kier alpha value is -1.76. The Morgan fingerprint density at radius 1 is 1.27 bits per heavy atom. The van der Waals surface area contributed by atoms with Gasteiger partial charge in [-0.1, -0.05) is 6.07 Å². The first-order valence-electron chi connectivity index (χ1n) is 7.07. The van der Waals surface area contributed by atoms with Crippen LogP contribution in [-0.4, -0.2) is 50.5 Å². The van der Waals surface area contributed by atoms with Crippen molar-refractivity contribution < 1.29 is 22.7 Å². The molecule has 1 aromatic carbocycles. The molecule has 1 aliphatic rings. The van der Waals surface area contributed by atoms with Gasteiger partial charge in [-0.2, -0.15) is 0 Å². The van der Waals surface area contributed by atoms with Crippen LogP contribution in [-0.2, 0) is 4.74 Å². The van der Waals surface area contributed by atoms with Crippen LogP contribution in [0.15, 0.2) is 24.3 Å². The Labute approximate surface area is 127 Å². The van der Waals surface area contributed by atoms with Crippen LogP contribution in [0.5, 0.6) is 0 Å². The summed E-state index contributed by atoms with van der Waals surface area (Å²) in [6.07, 6.45) is -5.09. The van der Waals surface area contributed by atoms with Crippen molar-refractivity contribution in [2.75, 3.05) is 32.1 Å². The highest BCUT2D eigenvalue weighted by Gasteiger charge is 2.35. The number of carbonyl (C=O) groups is 1. The summed E-state index contributed by atoms with van der Waals surface area (Å²) >= 11 is 0.